The molecule has 0 heterocycles. The van der Waals surface area contributed by atoms with E-state index in [0.29, 0.717) is 0 Å². The average Bonchev–Trinajstić information content (AvgIpc) is 2.05. The summed E-state index contributed by atoms with van der Waals surface area (Å²) in [6.07, 6.45) is 5.50. The van der Waals surface area contributed by atoms with Crippen LogP contribution in [0.25, 0.3) is 0 Å². The summed E-state index contributed by atoms with van der Waals surface area (Å²) in [5.41, 5.74) is -0.193. The molecule has 0 unspecified atom stereocenters. The van der Waals surface area contributed by atoms with Crippen LogP contribution in [-0.4, -0.2) is 16.5 Å². The minimum atomic E-state index is -0.409. The Bertz CT molecular complexity index is 119. The summed E-state index contributed by atoms with van der Waals surface area (Å²) in [6, 6.07) is 0. The third kappa shape index (κ3) is 2.01. The quantitative estimate of drug-likeness (QED) is 0.675. The molecule has 0 radical (unpaired) electrons. The Morgan fingerprint density at radius 2 is 1.73 bits per heavy atom. The lowest BCUT2D eigenvalue weighted by molar-refractivity contribution is 0.0950. The molecule has 0 saturated heterocycles. The summed E-state index contributed by atoms with van der Waals surface area (Å²) >= 11 is 11.6. The van der Waals surface area contributed by atoms with Gasteiger partial charge in [0.1, 0.15) is 4.84 Å². The Morgan fingerprint density at radius 1 is 1.18 bits per heavy atom. The molecule has 0 aromatic carbocycles. The van der Waals surface area contributed by atoms with E-state index >= 15 is 0 Å². The predicted molar refractivity (Wildman–Crippen MR) is 48.1 cm³/mol. The molecule has 0 atom stereocenters. The lowest BCUT2D eigenvalue weighted by atomic mass is 9.76. The van der Waals surface area contributed by atoms with E-state index in [2.05, 4.69) is 0 Å². The minimum Gasteiger partial charge on any atom is -0.396 e. The molecular weight excluding hydrogens is 183 g/mol. The topological polar surface area (TPSA) is 20.2 Å². The van der Waals surface area contributed by atoms with Crippen molar-refractivity contribution in [3.8, 4) is 0 Å². The van der Waals surface area contributed by atoms with Gasteiger partial charge in [-0.25, -0.2) is 0 Å². The largest absolute Gasteiger partial charge is 0.396 e. The van der Waals surface area contributed by atoms with Crippen LogP contribution in [0.15, 0.2) is 0 Å². The van der Waals surface area contributed by atoms with Crippen LogP contribution >= 0.6 is 23.2 Å². The molecule has 0 aromatic heterocycles. The summed E-state index contributed by atoms with van der Waals surface area (Å²) in [4.78, 5) is -0.409. The van der Waals surface area contributed by atoms with Crippen LogP contribution in [0.3, 0.4) is 0 Å². The van der Waals surface area contributed by atoms with Gasteiger partial charge in [-0.1, -0.05) is 19.3 Å². The zero-order valence-electron chi connectivity index (χ0n) is 6.52. The van der Waals surface area contributed by atoms with Crippen LogP contribution in [0.5, 0.6) is 0 Å². The van der Waals surface area contributed by atoms with Crippen molar-refractivity contribution in [2.24, 2.45) is 5.41 Å². The van der Waals surface area contributed by atoms with Crippen molar-refractivity contribution >= 4 is 23.2 Å². The highest BCUT2D eigenvalue weighted by Crippen LogP contribution is 2.42. The molecule has 1 aliphatic carbocycles. The van der Waals surface area contributed by atoms with E-state index in [0.717, 1.165) is 25.7 Å². The predicted octanol–water partition coefficient (Wildman–Crippen LogP) is 2.73. The van der Waals surface area contributed by atoms with Crippen LogP contribution < -0.4 is 0 Å². The Kier molecular flexibility index (Phi) is 3.48. The van der Waals surface area contributed by atoms with Gasteiger partial charge in [0.15, 0.2) is 0 Å². The molecule has 0 amide bonds. The van der Waals surface area contributed by atoms with Gasteiger partial charge in [0.25, 0.3) is 0 Å². The van der Waals surface area contributed by atoms with E-state index < -0.39 is 4.84 Å². The number of hydrogen-bond donors (Lipinski definition) is 1. The first kappa shape index (κ1) is 9.63. The molecule has 0 aromatic rings. The van der Waals surface area contributed by atoms with Gasteiger partial charge in [-0.05, 0) is 12.8 Å². The highest BCUT2D eigenvalue weighted by molar-refractivity contribution is 6.44. The highest BCUT2D eigenvalue weighted by atomic mass is 35.5. The number of rotatable bonds is 2. The molecule has 1 fully saturated rings. The van der Waals surface area contributed by atoms with Crippen LogP contribution in [-0.2, 0) is 0 Å². The second-order valence-electron chi connectivity index (χ2n) is 3.38. The van der Waals surface area contributed by atoms with Gasteiger partial charge in [-0.2, -0.15) is 0 Å². The first-order valence-corrected chi connectivity index (χ1v) is 4.97. The number of alkyl halides is 2. The lowest BCUT2D eigenvalue weighted by Gasteiger charge is -2.36. The second-order valence-corrected chi connectivity index (χ2v) is 4.48. The fourth-order valence-electron chi connectivity index (χ4n) is 1.70. The monoisotopic (exact) mass is 196 g/mol. The van der Waals surface area contributed by atoms with E-state index in [9.17, 15) is 0 Å². The Labute approximate surface area is 77.7 Å². The van der Waals surface area contributed by atoms with Crippen molar-refractivity contribution in [3.05, 3.63) is 0 Å². The Morgan fingerprint density at radius 3 is 2.00 bits per heavy atom. The number of hydrogen-bond acceptors (Lipinski definition) is 1. The van der Waals surface area contributed by atoms with Crippen molar-refractivity contribution < 1.29 is 5.11 Å². The number of aliphatic hydroxyl groups is 1. The number of aliphatic hydroxyl groups excluding tert-OH is 1. The normalized spacial score (nSPS) is 24.0. The van der Waals surface area contributed by atoms with Crippen LogP contribution in [0.2, 0.25) is 0 Å². The van der Waals surface area contributed by atoms with Crippen molar-refractivity contribution in [1.29, 1.82) is 0 Å². The Balaban J connectivity index is 2.57. The molecule has 0 aliphatic heterocycles. The smallest absolute Gasteiger partial charge is 0.115 e. The molecule has 11 heavy (non-hydrogen) atoms. The zero-order valence-corrected chi connectivity index (χ0v) is 8.03. The first-order valence-electron chi connectivity index (χ1n) is 4.10. The maximum absolute atomic E-state index is 9.14. The summed E-state index contributed by atoms with van der Waals surface area (Å²) in [5.74, 6) is 0. The summed E-state index contributed by atoms with van der Waals surface area (Å²) < 4.78 is 0. The summed E-state index contributed by atoms with van der Waals surface area (Å²) in [5, 5.41) is 9.14. The van der Waals surface area contributed by atoms with Gasteiger partial charge >= 0.3 is 0 Å². The van der Waals surface area contributed by atoms with Gasteiger partial charge in [0, 0.05) is 5.41 Å². The van der Waals surface area contributed by atoms with Gasteiger partial charge in [-0.3, -0.25) is 0 Å². The summed E-state index contributed by atoms with van der Waals surface area (Å²) in [7, 11) is 0. The third-order valence-corrected chi connectivity index (χ3v) is 3.55. The molecule has 1 saturated carbocycles. The maximum Gasteiger partial charge on any atom is 0.115 e. The molecule has 1 rings (SSSR count). The molecule has 66 valence electrons. The maximum atomic E-state index is 9.14. The highest BCUT2D eigenvalue weighted by Gasteiger charge is 2.37. The Hall–Kier alpha value is 0.540. The SMILES string of the molecule is OCC1(C(Cl)Cl)CCCCC1. The van der Waals surface area contributed by atoms with Crippen LogP contribution in [0.4, 0.5) is 0 Å². The fourth-order valence-corrected chi connectivity index (χ4v) is 2.28. The fraction of sp³-hybridized carbons (Fsp3) is 1.00. The second kappa shape index (κ2) is 3.97. The van der Waals surface area contributed by atoms with E-state index in [1.807, 2.05) is 0 Å². The van der Waals surface area contributed by atoms with Crippen molar-refractivity contribution in [3.63, 3.8) is 0 Å². The average molecular weight is 197 g/mol. The van der Waals surface area contributed by atoms with Gasteiger partial charge in [-0.15, -0.1) is 23.2 Å². The zero-order chi connectivity index (χ0) is 8.32. The minimum absolute atomic E-state index is 0.130. The molecule has 1 N–H and O–H groups in total. The van der Waals surface area contributed by atoms with E-state index in [1.165, 1.54) is 6.42 Å². The molecule has 1 aliphatic rings. The van der Waals surface area contributed by atoms with Gasteiger partial charge in [0.2, 0.25) is 0 Å². The third-order valence-electron chi connectivity index (χ3n) is 2.63. The molecule has 0 bridgehead atoms. The molecule has 0 spiro atoms. The van der Waals surface area contributed by atoms with Crippen molar-refractivity contribution in [2.75, 3.05) is 6.61 Å². The summed E-state index contributed by atoms with van der Waals surface area (Å²) in [6.45, 7) is 0.130. The number of halogens is 2. The van der Waals surface area contributed by atoms with E-state index in [4.69, 9.17) is 28.3 Å². The lowest BCUT2D eigenvalue weighted by Crippen LogP contribution is -2.34. The van der Waals surface area contributed by atoms with Crippen LogP contribution in [0, 0.1) is 5.41 Å². The van der Waals surface area contributed by atoms with Gasteiger partial charge < -0.3 is 5.11 Å². The molecular formula is C8H14Cl2O. The van der Waals surface area contributed by atoms with E-state index in [-0.39, 0.29) is 12.0 Å². The van der Waals surface area contributed by atoms with Gasteiger partial charge in [0.05, 0.1) is 6.61 Å². The van der Waals surface area contributed by atoms with Crippen molar-refractivity contribution in [2.45, 2.75) is 36.9 Å². The van der Waals surface area contributed by atoms with Crippen LogP contribution in [0.1, 0.15) is 32.1 Å². The van der Waals surface area contributed by atoms with Crippen molar-refractivity contribution in [1.82, 2.24) is 0 Å². The standard InChI is InChI=1S/C8H14Cl2O/c9-7(10)8(6-11)4-2-1-3-5-8/h7,11H,1-6H2. The van der Waals surface area contributed by atoms with E-state index in [1.54, 1.807) is 0 Å². The molecule has 3 heteroatoms. The molecule has 1 nitrogen and oxygen atoms in total. The first-order chi connectivity index (χ1) is 5.21.